The number of hydrogen-bond acceptors (Lipinski definition) is 9. The number of nitrogens with zero attached hydrogens (tertiary/aromatic N) is 4. The summed E-state index contributed by atoms with van der Waals surface area (Å²) in [5.74, 6) is 1.80. The van der Waals surface area contributed by atoms with Crippen molar-refractivity contribution in [1.82, 2.24) is 14.8 Å². The summed E-state index contributed by atoms with van der Waals surface area (Å²) < 4.78 is 12.8. The lowest BCUT2D eigenvalue weighted by atomic mass is 9.94. The second kappa shape index (κ2) is 11.5. The maximum Gasteiger partial charge on any atom is 0.269 e. The molecule has 0 saturated heterocycles. The van der Waals surface area contributed by atoms with E-state index in [1.165, 1.54) is 23.9 Å². The number of nitro benzene ring substituents is 1. The Balaban J connectivity index is 1.49. The number of methoxy groups -OCH3 is 2. The Bertz CT molecular complexity index is 1600. The van der Waals surface area contributed by atoms with Gasteiger partial charge in [0.25, 0.3) is 11.6 Å². The standard InChI is InChI=1S/C28H26N6O5S/c1-17-24(26(35)30-21-9-5-7-11-23(21)39-3)25(20-8-4-6-10-22(20)38-2)33-27(29-17)31-28(32-33)40-16-18-12-14-19(15-13-18)34(36)37/h4-15,25H,16H2,1-3H3,(H,30,35)(H,29,31,32). The second-order valence-corrected chi connectivity index (χ2v) is 9.78. The number of non-ortho nitro benzene ring substituents is 1. The van der Waals surface area contributed by atoms with E-state index in [9.17, 15) is 14.9 Å². The Morgan fingerprint density at radius 1 is 1.05 bits per heavy atom. The SMILES string of the molecule is COc1ccccc1NC(=O)C1=C(C)Nc2nc(SCc3ccc([N+](=O)[O-])cc3)nn2C1c1ccccc1OC. The molecule has 1 aliphatic heterocycles. The summed E-state index contributed by atoms with van der Waals surface area (Å²) in [5, 5.41) is 22.4. The van der Waals surface area contributed by atoms with E-state index in [1.54, 1.807) is 43.2 Å². The van der Waals surface area contributed by atoms with Gasteiger partial charge in [0, 0.05) is 29.1 Å². The van der Waals surface area contributed by atoms with Crippen molar-refractivity contribution < 1.29 is 19.2 Å². The van der Waals surface area contributed by atoms with Crippen LogP contribution in [0.2, 0.25) is 0 Å². The zero-order valence-corrected chi connectivity index (χ0v) is 22.8. The fraction of sp³-hybridized carbons (Fsp3) is 0.179. The minimum atomic E-state index is -0.636. The third-order valence-electron chi connectivity index (χ3n) is 6.38. The summed E-state index contributed by atoms with van der Waals surface area (Å²) in [6.45, 7) is 1.82. The van der Waals surface area contributed by atoms with Gasteiger partial charge >= 0.3 is 0 Å². The average Bonchev–Trinajstić information content (AvgIpc) is 3.38. The van der Waals surface area contributed by atoms with Gasteiger partial charge in [0.05, 0.1) is 30.4 Å². The summed E-state index contributed by atoms with van der Waals surface area (Å²) in [7, 11) is 3.13. The first-order chi connectivity index (χ1) is 19.4. The van der Waals surface area contributed by atoms with Gasteiger partial charge in [-0.3, -0.25) is 14.9 Å². The number of allylic oxidation sites excluding steroid dienone is 1. The Morgan fingerprint density at radius 3 is 2.42 bits per heavy atom. The minimum absolute atomic E-state index is 0.0358. The van der Waals surface area contributed by atoms with Gasteiger partial charge in [-0.25, -0.2) is 4.68 Å². The lowest BCUT2D eigenvalue weighted by Gasteiger charge is -2.29. The summed E-state index contributed by atoms with van der Waals surface area (Å²) in [4.78, 5) is 29.0. The van der Waals surface area contributed by atoms with Crippen LogP contribution in [0.15, 0.2) is 89.2 Å². The number of thioether (sulfide) groups is 1. The third-order valence-corrected chi connectivity index (χ3v) is 7.29. The van der Waals surface area contributed by atoms with Crippen LogP contribution in [0, 0.1) is 10.1 Å². The lowest BCUT2D eigenvalue weighted by molar-refractivity contribution is -0.384. The molecule has 12 heteroatoms. The molecule has 1 atom stereocenters. The minimum Gasteiger partial charge on any atom is -0.496 e. The van der Waals surface area contributed by atoms with E-state index in [0.717, 1.165) is 11.1 Å². The monoisotopic (exact) mass is 558 g/mol. The van der Waals surface area contributed by atoms with Crippen LogP contribution in [0.3, 0.4) is 0 Å². The van der Waals surface area contributed by atoms with E-state index < -0.39 is 11.0 Å². The summed E-state index contributed by atoms with van der Waals surface area (Å²) in [6.07, 6.45) is 0. The average molecular weight is 559 g/mol. The zero-order chi connectivity index (χ0) is 28.2. The molecule has 5 rings (SSSR count). The van der Waals surface area contributed by atoms with E-state index in [2.05, 4.69) is 15.6 Å². The highest BCUT2D eigenvalue weighted by molar-refractivity contribution is 7.98. The number of anilines is 2. The van der Waals surface area contributed by atoms with Gasteiger partial charge in [-0.05, 0) is 30.7 Å². The van der Waals surface area contributed by atoms with Gasteiger partial charge in [-0.15, -0.1) is 5.10 Å². The first kappa shape index (κ1) is 26.8. The zero-order valence-electron chi connectivity index (χ0n) is 22.0. The van der Waals surface area contributed by atoms with E-state index in [4.69, 9.17) is 14.6 Å². The molecule has 0 spiro atoms. The molecule has 1 unspecified atom stereocenters. The van der Waals surface area contributed by atoms with Gasteiger partial charge < -0.3 is 20.1 Å². The molecule has 2 heterocycles. The van der Waals surface area contributed by atoms with Crippen molar-refractivity contribution in [3.8, 4) is 11.5 Å². The van der Waals surface area contributed by atoms with Crippen LogP contribution < -0.4 is 20.1 Å². The van der Waals surface area contributed by atoms with Crippen molar-refractivity contribution in [1.29, 1.82) is 0 Å². The molecule has 0 radical (unpaired) electrons. The number of ether oxygens (including phenoxy) is 2. The Hall–Kier alpha value is -4.84. The number of carbonyl (C=O) groups excluding carboxylic acids is 1. The maximum absolute atomic E-state index is 13.8. The largest absolute Gasteiger partial charge is 0.496 e. The van der Waals surface area contributed by atoms with Gasteiger partial charge in [0.1, 0.15) is 17.5 Å². The van der Waals surface area contributed by atoms with Crippen LogP contribution in [-0.4, -0.2) is 39.8 Å². The molecule has 204 valence electrons. The van der Waals surface area contributed by atoms with E-state index in [0.29, 0.717) is 45.3 Å². The highest BCUT2D eigenvalue weighted by Gasteiger charge is 2.36. The van der Waals surface area contributed by atoms with Crippen molar-refractivity contribution >= 4 is 35.0 Å². The predicted octanol–water partition coefficient (Wildman–Crippen LogP) is 5.42. The summed E-state index contributed by atoms with van der Waals surface area (Å²) >= 11 is 1.39. The van der Waals surface area contributed by atoms with Crippen molar-refractivity contribution in [2.24, 2.45) is 0 Å². The number of nitro groups is 1. The van der Waals surface area contributed by atoms with Crippen LogP contribution in [0.4, 0.5) is 17.3 Å². The molecule has 0 saturated carbocycles. The first-order valence-electron chi connectivity index (χ1n) is 12.3. The Kier molecular flexibility index (Phi) is 7.69. The normalized spacial score (nSPS) is 14.2. The topological polar surface area (TPSA) is 133 Å². The molecule has 0 bridgehead atoms. The number of para-hydroxylation sites is 3. The number of benzene rings is 3. The molecule has 2 N–H and O–H groups in total. The maximum atomic E-state index is 13.8. The second-order valence-electron chi connectivity index (χ2n) is 8.84. The quantitative estimate of drug-likeness (QED) is 0.157. The van der Waals surface area contributed by atoms with Crippen molar-refractivity contribution in [3.63, 3.8) is 0 Å². The predicted molar refractivity (Wildman–Crippen MR) is 152 cm³/mol. The number of amides is 1. The molecular formula is C28H26N6O5S. The highest BCUT2D eigenvalue weighted by Crippen LogP contribution is 2.40. The smallest absolute Gasteiger partial charge is 0.269 e. The van der Waals surface area contributed by atoms with Gasteiger partial charge in [0.2, 0.25) is 11.1 Å². The molecule has 1 aromatic heterocycles. The van der Waals surface area contributed by atoms with E-state index >= 15 is 0 Å². The van der Waals surface area contributed by atoms with Crippen LogP contribution in [-0.2, 0) is 10.5 Å². The van der Waals surface area contributed by atoms with Crippen molar-refractivity contribution in [3.05, 3.63) is 105 Å². The lowest BCUT2D eigenvalue weighted by Crippen LogP contribution is -2.31. The Morgan fingerprint density at radius 2 is 1.73 bits per heavy atom. The summed E-state index contributed by atoms with van der Waals surface area (Å²) in [6, 6.07) is 20.4. The fourth-order valence-electron chi connectivity index (χ4n) is 4.47. The van der Waals surface area contributed by atoms with Crippen molar-refractivity contribution in [2.75, 3.05) is 24.9 Å². The van der Waals surface area contributed by atoms with Gasteiger partial charge in [0.15, 0.2) is 0 Å². The van der Waals surface area contributed by atoms with Gasteiger partial charge in [-0.2, -0.15) is 4.98 Å². The van der Waals surface area contributed by atoms with Crippen LogP contribution in [0.5, 0.6) is 11.5 Å². The number of rotatable bonds is 9. The van der Waals surface area contributed by atoms with E-state index in [1.807, 2.05) is 43.3 Å². The molecule has 11 nitrogen and oxygen atoms in total. The molecule has 3 aromatic carbocycles. The number of carbonyl (C=O) groups is 1. The molecule has 1 aliphatic rings. The number of nitrogens with one attached hydrogen (secondary N) is 2. The molecule has 4 aromatic rings. The number of fused-ring (bicyclic) bond motifs is 1. The van der Waals surface area contributed by atoms with Crippen molar-refractivity contribution in [2.45, 2.75) is 23.9 Å². The fourth-order valence-corrected chi connectivity index (χ4v) is 5.25. The van der Waals surface area contributed by atoms with E-state index in [-0.39, 0.29) is 11.6 Å². The molecule has 0 fully saturated rings. The van der Waals surface area contributed by atoms with Gasteiger partial charge in [-0.1, -0.05) is 54.2 Å². The highest BCUT2D eigenvalue weighted by atomic mass is 32.2. The van der Waals surface area contributed by atoms with Crippen LogP contribution in [0.1, 0.15) is 24.1 Å². The first-order valence-corrected chi connectivity index (χ1v) is 13.3. The molecular weight excluding hydrogens is 532 g/mol. The summed E-state index contributed by atoms with van der Waals surface area (Å²) in [5.41, 5.74) is 3.28. The van der Waals surface area contributed by atoms with Crippen LogP contribution in [0.25, 0.3) is 0 Å². The third kappa shape index (κ3) is 5.34. The molecule has 1 amide bonds. The molecule has 0 aliphatic carbocycles. The van der Waals surface area contributed by atoms with Crippen LogP contribution >= 0.6 is 11.8 Å². The number of hydrogen-bond donors (Lipinski definition) is 2. The Labute approximate surface area is 234 Å². The number of aromatic nitrogens is 3. The molecule has 40 heavy (non-hydrogen) atoms.